The van der Waals surface area contributed by atoms with Crippen LogP contribution in [0, 0.1) is 12.3 Å². The van der Waals surface area contributed by atoms with Crippen LogP contribution >= 0.6 is 0 Å². The molecule has 1 spiro atoms. The number of aryl methyl sites for hydroxylation is 2. The van der Waals surface area contributed by atoms with Gasteiger partial charge in [-0.1, -0.05) is 12.8 Å². The van der Waals surface area contributed by atoms with Crippen molar-refractivity contribution in [1.82, 2.24) is 15.1 Å². The minimum absolute atomic E-state index is 0.00577. The van der Waals surface area contributed by atoms with Crippen molar-refractivity contribution in [2.45, 2.75) is 58.3 Å². The molecule has 21 heavy (non-hydrogen) atoms. The van der Waals surface area contributed by atoms with Gasteiger partial charge in [0, 0.05) is 25.1 Å². The molecule has 1 aromatic rings. The molecule has 5 heteroatoms. The Kier molecular flexibility index (Phi) is 3.83. The lowest BCUT2D eigenvalue weighted by atomic mass is 9.76. The van der Waals surface area contributed by atoms with E-state index in [0.717, 1.165) is 31.4 Å². The Morgan fingerprint density at radius 1 is 1.24 bits per heavy atom. The first-order chi connectivity index (χ1) is 10.1. The predicted octanol–water partition coefficient (Wildman–Crippen LogP) is 2.36. The van der Waals surface area contributed by atoms with Crippen LogP contribution in [0.5, 0.6) is 0 Å². The fourth-order valence-electron chi connectivity index (χ4n) is 3.82. The van der Waals surface area contributed by atoms with Crippen molar-refractivity contribution in [3.8, 4) is 0 Å². The van der Waals surface area contributed by atoms with E-state index < -0.39 is 0 Å². The molecule has 2 fully saturated rings. The molecule has 2 aliphatic rings. The molecule has 0 unspecified atom stereocenters. The highest BCUT2D eigenvalue weighted by atomic mass is 16.2. The van der Waals surface area contributed by atoms with Gasteiger partial charge in [-0.15, -0.1) is 0 Å². The van der Waals surface area contributed by atoms with Crippen molar-refractivity contribution >= 4 is 11.8 Å². The van der Waals surface area contributed by atoms with Crippen LogP contribution in [0.3, 0.4) is 0 Å². The molecular weight excluding hydrogens is 266 g/mol. The average molecular weight is 289 g/mol. The Morgan fingerprint density at radius 3 is 2.48 bits per heavy atom. The van der Waals surface area contributed by atoms with E-state index in [9.17, 15) is 9.59 Å². The summed E-state index contributed by atoms with van der Waals surface area (Å²) in [6.07, 6.45) is 9.06. The second kappa shape index (κ2) is 5.62. The zero-order valence-electron chi connectivity index (χ0n) is 12.7. The van der Waals surface area contributed by atoms with Crippen LogP contribution in [0.15, 0.2) is 6.20 Å². The molecule has 5 nitrogen and oxygen atoms in total. The number of H-pyrrole nitrogens is 1. The van der Waals surface area contributed by atoms with Crippen LogP contribution < -0.4 is 0 Å². The average Bonchev–Trinajstić information content (AvgIpc) is 3.03. The standard InChI is InChI=1S/C16H23N3O2/c1-12-13(11-17-18-12)5-4-8-19-14(20)9-16(10-15(19)21)6-2-3-7-16/h11H,2-10H2,1H3,(H,17,18). The monoisotopic (exact) mass is 289 g/mol. The summed E-state index contributed by atoms with van der Waals surface area (Å²) < 4.78 is 0. The number of rotatable bonds is 4. The normalized spacial score (nSPS) is 21.5. The highest BCUT2D eigenvalue weighted by Gasteiger charge is 2.44. The SMILES string of the molecule is Cc1[nH]ncc1CCCN1C(=O)CC2(CCCC2)CC1=O. The molecule has 114 valence electrons. The molecule has 0 radical (unpaired) electrons. The van der Waals surface area contributed by atoms with Crippen molar-refractivity contribution in [3.63, 3.8) is 0 Å². The van der Waals surface area contributed by atoms with Crippen LogP contribution in [-0.2, 0) is 16.0 Å². The lowest BCUT2D eigenvalue weighted by Gasteiger charge is -2.37. The summed E-state index contributed by atoms with van der Waals surface area (Å²) in [6.45, 7) is 2.53. The summed E-state index contributed by atoms with van der Waals surface area (Å²) in [5.41, 5.74) is 2.24. The van der Waals surface area contributed by atoms with Crippen molar-refractivity contribution < 1.29 is 9.59 Å². The minimum Gasteiger partial charge on any atom is -0.283 e. The van der Waals surface area contributed by atoms with Crippen LogP contribution in [0.25, 0.3) is 0 Å². The predicted molar refractivity (Wildman–Crippen MR) is 78.5 cm³/mol. The number of hydrogen-bond donors (Lipinski definition) is 1. The summed E-state index contributed by atoms with van der Waals surface area (Å²) in [6, 6.07) is 0. The summed E-state index contributed by atoms with van der Waals surface area (Å²) in [4.78, 5) is 26.1. The molecule has 1 aliphatic heterocycles. The Bertz CT molecular complexity index is 523. The van der Waals surface area contributed by atoms with Crippen molar-refractivity contribution in [2.75, 3.05) is 6.54 Å². The number of aromatic amines is 1. The number of amides is 2. The zero-order valence-corrected chi connectivity index (χ0v) is 12.7. The van der Waals surface area contributed by atoms with E-state index in [0.29, 0.717) is 19.4 Å². The van der Waals surface area contributed by atoms with Crippen molar-refractivity contribution in [1.29, 1.82) is 0 Å². The van der Waals surface area contributed by atoms with Gasteiger partial charge >= 0.3 is 0 Å². The van der Waals surface area contributed by atoms with Gasteiger partial charge in [0.05, 0.1) is 6.20 Å². The van der Waals surface area contributed by atoms with E-state index in [1.165, 1.54) is 23.3 Å². The fourth-order valence-corrected chi connectivity index (χ4v) is 3.82. The van der Waals surface area contributed by atoms with Crippen molar-refractivity contribution in [3.05, 3.63) is 17.5 Å². The number of carbonyl (C=O) groups excluding carboxylic acids is 2. The highest BCUT2D eigenvalue weighted by molar-refractivity contribution is 5.98. The van der Waals surface area contributed by atoms with E-state index in [-0.39, 0.29) is 17.2 Å². The van der Waals surface area contributed by atoms with Gasteiger partial charge in [-0.3, -0.25) is 19.6 Å². The van der Waals surface area contributed by atoms with Crippen LogP contribution in [0.2, 0.25) is 0 Å². The topological polar surface area (TPSA) is 66.1 Å². The molecule has 2 amide bonds. The minimum atomic E-state index is 0.00577. The maximum atomic E-state index is 12.3. The first-order valence-corrected chi connectivity index (χ1v) is 7.92. The number of aromatic nitrogens is 2. The van der Waals surface area contributed by atoms with Gasteiger partial charge in [0.2, 0.25) is 11.8 Å². The van der Waals surface area contributed by atoms with Gasteiger partial charge in [-0.25, -0.2) is 0 Å². The summed E-state index contributed by atoms with van der Waals surface area (Å²) in [5, 5.41) is 6.90. The molecule has 1 aromatic heterocycles. The third-order valence-electron chi connectivity index (χ3n) is 5.08. The quantitative estimate of drug-likeness (QED) is 0.865. The number of imide groups is 1. The maximum absolute atomic E-state index is 12.3. The summed E-state index contributed by atoms with van der Waals surface area (Å²) in [7, 11) is 0. The number of nitrogens with one attached hydrogen (secondary N) is 1. The van der Waals surface area contributed by atoms with E-state index in [2.05, 4.69) is 10.2 Å². The first kappa shape index (κ1) is 14.3. The molecular formula is C16H23N3O2. The lowest BCUT2D eigenvalue weighted by Crippen LogP contribution is -2.47. The van der Waals surface area contributed by atoms with E-state index >= 15 is 0 Å². The van der Waals surface area contributed by atoms with Gasteiger partial charge in [-0.2, -0.15) is 5.10 Å². The van der Waals surface area contributed by atoms with Crippen LogP contribution in [-0.4, -0.2) is 33.5 Å². The van der Waals surface area contributed by atoms with Gasteiger partial charge in [-0.05, 0) is 43.6 Å². The highest BCUT2D eigenvalue weighted by Crippen LogP contribution is 2.46. The Balaban J connectivity index is 1.55. The molecule has 1 N–H and O–H groups in total. The third-order valence-corrected chi connectivity index (χ3v) is 5.08. The Labute approximate surface area is 125 Å². The molecule has 1 aliphatic carbocycles. The lowest BCUT2D eigenvalue weighted by molar-refractivity contribution is -0.153. The third kappa shape index (κ3) is 2.87. The van der Waals surface area contributed by atoms with E-state index in [4.69, 9.17) is 0 Å². The molecule has 0 bridgehead atoms. The number of nitrogens with zero attached hydrogens (tertiary/aromatic N) is 2. The zero-order chi connectivity index (χ0) is 14.9. The van der Waals surface area contributed by atoms with Gasteiger partial charge in [0.25, 0.3) is 0 Å². The number of piperidine rings is 1. The Hall–Kier alpha value is -1.65. The van der Waals surface area contributed by atoms with Gasteiger partial charge in [0.1, 0.15) is 0 Å². The largest absolute Gasteiger partial charge is 0.283 e. The second-order valence-corrected chi connectivity index (χ2v) is 6.62. The molecule has 1 saturated carbocycles. The summed E-state index contributed by atoms with van der Waals surface area (Å²) in [5.74, 6) is 0.0779. The molecule has 0 atom stereocenters. The van der Waals surface area contributed by atoms with Crippen LogP contribution in [0.1, 0.15) is 56.2 Å². The molecule has 0 aromatic carbocycles. The first-order valence-electron chi connectivity index (χ1n) is 7.92. The summed E-state index contributed by atoms with van der Waals surface area (Å²) >= 11 is 0. The smallest absolute Gasteiger partial charge is 0.229 e. The fraction of sp³-hybridized carbons (Fsp3) is 0.688. The van der Waals surface area contributed by atoms with E-state index in [1.807, 2.05) is 13.1 Å². The molecule has 1 saturated heterocycles. The number of carbonyl (C=O) groups is 2. The van der Waals surface area contributed by atoms with Crippen molar-refractivity contribution in [2.24, 2.45) is 5.41 Å². The maximum Gasteiger partial charge on any atom is 0.229 e. The van der Waals surface area contributed by atoms with Gasteiger partial charge < -0.3 is 0 Å². The van der Waals surface area contributed by atoms with Gasteiger partial charge in [0.15, 0.2) is 0 Å². The number of likely N-dealkylation sites (tertiary alicyclic amines) is 1. The second-order valence-electron chi connectivity index (χ2n) is 6.62. The Morgan fingerprint density at radius 2 is 1.90 bits per heavy atom. The molecule has 2 heterocycles. The van der Waals surface area contributed by atoms with E-state index in [1.54, 1.807) is 0 Å². The number of hydrogen-bond acceptors (Lipinski definition) is 3. The molecule has 3 rings (SSSR count). The van der Waals surface area contributed by atoms with Crippen LogP contribution in [0.4, 0.5) is 0 Å².